The molecule has 0 aromatic heterocycles. The molecule has 0 N–H and O–H groups in total. The van der Waals surface area contributed by atoms with Crippen molar-refractivity contribution >= 4 is 18.6 Å². The van der Waals surface area contributed by atoms with Gasteiger partial charge in [-0.05, 0) is 38.5 Å². The summed E-state index contributed by atoms with van der Waals surface area (Å²) >= 11 is 6.38. The molecule has 0 saturated carbocycles. The van der Waals surface area contributed by atoms with Crippen LogP contribution in [0.2, 0.25) is 12.6 Å². The van der Waals surface area contributed by atoms with Crippen molar-refractivity contribution in [2.45, 2.75) is 32.4 Å². The fourth-order valence-electron chi connectivity index (χ4n) is 1.60. The van der Waals surface area contributed by atoms with E-state index in [4.69, 9.17) is 11.1 Å². The van der Waals surface area contributed by atoms with Gasteiger partial charge in [0.1, 0.15) is 0 Å². The van der Waals surface area contributed by atoms with Crippen molar-refractivity contribution in [3.63, 3.8) is 0 Å². The Morgan fingerprint density at radius 2 is 2.30 bits per heavy atom. The first-order valence-corrected chi connectivity index (χ1v) is 7.77. The molecule has 1 saturated heterocycles. The maximum atomic E-state index is 6.38. The Morgan fingerprint density at radius 3 is 2.70 bits per heavy atom. The molecule has 0 aliphatic carbocycles. The zero-order valence-corrected chi connectivity index (χ0v) is 8.62. The van der Waals surface area contributed by atoms with Crippen molar-refractivity contribution in [3.05, 3.63) is 0 Å². The van der Waals surface area contributed by atoms with Crippen molar-refractivity contribution in [1.29, 1.82) is 0 Å². The second-order valence-electron chi connectivity index (χ2n) is 3.23. The summed E-state index contributed by atoms with van der Waals surface area (Å²) in [6.07, 6.45) is 2.57. The highest BCUT2D eigenvalue weighted by atomic mass is 35.6. The van der Waals surface area contributed by atoms with E-state index < -0.39 is 7.55 Å². The Kier molecular flexibility index (Phi) is 2.78. The third-order valence-corrected chi connectivity index (χ3v) is 6.53. The third-order valence-electron chi connectivity index (χ3n) is 2.21. The maximum Gasteiger partial charge on any atom is 0.226 e. The van der Waals surface area contributed by atoms with Crippen LogP contribution in [-0.4, -0.2) is 25.2 Å². The van der Waals surface area contributed by atoms with E-state index >= 15 is 0 Å². The summed E-state index contributed by atoms with van der Waals surface area (Å²) < 4.78 is 2.51. The molecule has 60 valence electrons. The number of hydrogen-bond acceptors (Lipinski definition) is 1. The van der Waals surface area contributed by atoms with Crippen LogP contribution in [0.3, 0.4) is 0 Å². The molecule has 0 aromatic rings. The van der Waals surface area contributed by atoms with Crippen molar-refractivity contribution < 1.29 is 0 Å². The summed E-state index contributed by atoms with van der Waals surface area (Å²) in [5.74, 6) is 0. The molecule has 10 heavy (non-hydrogen) atoms. The van der Waals surface area contributed by atoms with Gasteiger partial charge in [-0.1, -0.05) is 6.92 Å². The molecule has 1 aliphatic rings. The molecule has 0 bridgehead atoms. The minimum Gasteiger partial charge on any atom is -0.312 e. The van der Waals surface area contributed by atoms with Crippen LogP contribution >= 0.6 is 11.1 Å². The molecular formula is C7H16ClNSi. The van der Waals surface area contributed by atoms with Gasteiger partial charge in [-0.3, -0.25) is 0 Å². The van der Waals surface area contributed by atoms with Gasteiger partial charge in [-0.25, -0.2) is 0 Å². The third kappa shape index (κ3) is 1.74. The van der Waals surface area contributed by atoms with Gasteiger partial charge in [0.25, 0.3) is 0 Å². The van der Waals surface area contributed by atoms with Gasteiger partial charge >= 0.3 is 0 Å². The average Bonchev–Trinajstić information content (AvgIpc) is 2.13. The van der Waals surface area contributed by atoms with E-state index in [-0.39, 0.29) is 0 Å². The number of nitrogens with zero attached hydrogens (tertiary/aromatic N) is 1. The zero-order chi connectivity index (χ0) is 7.61. The summed E-state index contributed by atoms with van der Waals surface area (Å²) in [5, 5.41) is 0. The van der Waals surface area contributed by atoms with Gasteiger partial charge in [0.15, 0.2) is 0 Å². The minimum absolute atomic E-state index is 1.21. The smallest absolute Gasteiger partial charge is 0.226 e. The van der Waals surface area contributed by atoms with E-state index in [1.54, 1.807) is 0 Å². The Labute approximate surface area is 69.2 Å². The Hall–Kier alpha value is 0.467. The van der Waals surface area contributed by atoms with Crippen LogP contribution in [0.4, 0.5) is 0 Å². The summed E-state index contributed by atoms with van der Waals surface area (Å²) in [7, 11) is -1.38. The molecular weight excluding hydrogens is 162 g/mol. The van der Waals surface area contributed by atoms with Crippen LogP contribution in [0.5, 0.6) is 0 Å². The lowest BCUT2D eigenvalue weighted by Gasteiger charge is -2.26. The highest BCUT2D eigenvalue weighted by Gasteiger charge is 2.36. The minimum atomic E-state index is -1.38. The molecule has 1 heterocycles. The van der Waals surface area contributed by atoms with E-state index in [0.717, 1.165) is 0 Å². The van der Waals surface area contributed by atoms with Gasteiger partial charge in [-0.2, -0.15) is 0 Å². The summed E-state index contributed by atoms with van der Waals surface area (Å²) in [6.45, 7) is 6.95. The van der Waals surface area contributed by atoms with E-state index in [9.17, 15) is 0 Å². The van der Waals surface area contributed by atoms with E-state index in [1.807, 2.05) is 0 Å². The molecule has 0 radical (unpaired) electrons. The molecule has 3 heteroatoms. The topological polar surface area (TPSA) is 3.24 Å². The largest absolute Gasteiger partial charge is 0.312 e. The molecule has 1 aliphatic heterocycles. The van der Waals surface area contributed by atoms with E-state index in [2.05, 4.69) is 18.0 Å². The molecule has 1 rings (SSSR count). The second-order valence-corrected chi connectivity index (χ2v) is 9.09. The van der Waals surface area contributed by atoms with E-state index in [1.165, 1.54) is 32.0 Å². The van der Waals surface area contributed by atoms with Crippen LogP contribution < -0.4 is 0 Å². The van der Waals surface area contributed by atoms with Crippen molar-refractivity contribution in [2.24, 2.45) is 0 Å². The lowest BCUT2D eigenvalue weighted by Crippen LogP contribution is -2.41. The number of halogens is 1. The SMILES string of the molecule is CCCN1CCC[Si]1(C)Cl. The van der Waals surface area contributed by atoms with Crippen LogP contribution in [0.1, 0.15) is 19.8 Å². The first-order chi connectivity index (χ1) is 4.67. The lowest BCUT2D eigenvalue weighted by molar-refractivity contribution is 0.462. The molecule has 1 fully saturated rings. The highest BCUT2D eigenvalue weighted by Crippen LogP contribution is 2.28. The fourth-order valence-corrected chi connectivity index (χ4v) is 4.94. The summed E-state index contributed by atoms with van der Waals surface area (Å²) in [6, 6.07) is 1.29. The van der Waals surface area contributed by atoms with Gasteiger partial charge in [0, 0.05) is 0 Å². The molecule has 1 nitrogen and oxygen atoms in total. The fraction of sp³-hybridized carbons (Fsp3) is 1.00. The Bertz CT molecular complexity index is 116. The van der Waals surface area contributed by atoms with Crippen LogP contribution in [-0.2, 0) is 0 Å². The molecule has 0 amide bonds. The van der Waals surface area contributed by atoms with Crippen molar-refractivity contribution in [1.82, 2.24) is 4.57 Å². The second kappa shape index (κ2) is 3.24. The maximum absolute atomic E-state index is 6.38. The Morgan fingerprint density at radius 1 is 1.60 bits per heavy atom. The predicted octanol–water partition coefficient (Wildman–Crippen LogP) is 2.41. The monoisotopic (exact) mass is 177 g/mol. The molecule has 0 spiro atoms. The predicted molar refractivity (Wildman–Crippen MR) is 48.8 cm³/mol. The first kappa shape index (κ1) is 8.56. The standard InChI is InChI=1S/C7H16ClNSi/c1-3-5-9-6-4-7-10(9,2)8/h3-7H2,1-2H3. The summed E-state index contributed by atoms with van der Waals surface area (Å²) in [5.41, 5.74) is 0. The van der Waals surface area contributed by atoms with Crippen molar-refractivity contribution in [2.75, 3.05) is 13.1 Å². The van der Waals surface area contributed by atoms with E-state index in [0.29, 0.717) is 0 Å². The van der Waals surface area contributed by atoms with Crippen LogP contribution in [0.15, 0.2) is 0 Å². The van der Waals surface area contributed by atoms with Gasteiger partial charge in [0.2, 0.25) is 7.55 Å². The highest BCUT2D eigenvalue weighted by molar-refractivity contribution is 7.18. The van der Waals surface area contributed by atoms with Gasteiger partial charge in [0.05, 0.1) is 0 Å². The average molecular weight is 178 g/mol. The quantitative estimate of drug-likeness (QED) is 0.463. The summed E-state index contributed by atoms with van der Waals surface area (Å²) in [4.78, 5) is 0. The number of rotatable bonds is 2. The van der Waals surface area contributed by atoms with Gasteiger partial charge < -0.3 is 4.57 Å². The van der Waals surface area contributed by atoms with Crippen molar-refractivity contribution in [3.8, 4) is 0 Å². The molecule has 1 unspecified atom stereocenters. The Balaban J connectivity index is 2.43. The number of hydrogen-bond donors (Lipinski definition) is 0. The first-order valence-electron chi connectivity index (χ1n) is 4.11. The van der Waals surface area contributed by atoms with Crippen LogP contribution in [0, 0.1) is 0 Å². The lowest BCUT2D eigenvalue weighted by atomic mass is 10.4. The zero-order valence-electron chi connectivity index (χ0n) is 6.86. The van der Waals surface area contributed by atoms with Crippen LogP contribution in [0.25, 0.3) is 0 Å². The molecule has 0 aromatic carbocycles. The van der Waals surface area contributed by atoms with Gasteiger partial charge in [-0.15, -0.1) is 11.1 Å². The molecule has 1 atom stereocenters. The normalized spacial score (nSPS) is 35.1.